The van der Waals surface area contributed by atoms with Gasteiger partial charge >= 0.3 is 0 Å². The Morgan fingerprint density at radius 1 is 1.33 bits per heavy atom. The Labute approximate surface area is 92.6 Å². The van der Waals surface area contributed by atoms with Crippen LogP contribution in [0.2, 0.25) is 0 Å². The van der Waals surface area contributed by atoms with Crippen molar-refractivity contribution in [1.82, 2.24) is 5.32 Å². The molecule has 0 amide bonds. The fourth-order valence-electron chi connectivity index (χ4n) is 1.53. The minimum absolute atomic E-state index is 0.291. The summed E-state index contributed by atoms with van der Waals surface area (Å²) in [7, 11) is 1.98. The topological polar surface area (TPSA) is 21.3 Å². The van der Waals surface area contributed by atoms with E-state index < -0.39 is 0 Å². The molecular formula is C13H21NO. The average Bonchev–Trinajstić information content (AvgIpc) is 2.22. The number of benzene rings is 1. The van der Waals surface area contributed by atoms with Crippen LogP contribution in [0.3, 0.4) is 0 Å². The predicted octanol–water partition coefficient (Wildman–Crippen LogP) is 2.76. The number of hydrogen-bond donors (Lipinski definition) is 1. The van der Waals surface area contributed by atoms with Gasteiger partial charge in [-0.15, -0.1) is 0 Å². The highest BCUT2D eigenvalue weighted by Gasteiger charge is 2.04. The summed E-state index contributed by atoms with van der Waals surface area (Å²) in [4.78, 5) is 0. The van der Waals surface area contributed by atoms with Crippen molar-refractivity contribution < 1.29 is 4.74 Å². The summed E-state index contributed by atoms with van der Waals surface area (Å²) < 4.78 is 5.86. The van der Waals surface area contributed by atoms with Crippen molar-refractivity contribution in [3.63, 3.8) is 0 Å². The summed E-state index contributed by atoms with van der Waals surface area (Å²) in [5.74, 6) is 1.01. The fraction of sp³-hybridized carbons (Fsp3) is 0.538. The molecule has 0 heterocycles. The monoisotopic (exact) mass is 207 g/mol. The number of para-hydroxylation sites is 1. The molecule has 15 heavy (non-hydrogen) atoms. The lowest BCUT2D eigenvalue weighted by Gasteiger charge is -2.16. The van der Waals surface area contributed by atoms with Crippen LogP contribution in [0.4, 0.5) is 0 Å². The highest BCUT2D eigenvalue weighted by atomic mass is 16.5. The van der Waals surface area contributed by atoms with Crippen LogP contribution in [-0.4, -0.2) is 19.7 Å². The third-order valence-corrected chi connectivity index (χ3v) is 2.46. The summed E-state index contributed by atoms with van der Waals surface area (Å²) >= 11 is 0. The number of nitrogens with one attached hydrogen (secondary N) is 1. The molecule has 0 spiro atoms. The van der Waals surface area contributed by atoms with Gasteiger partial charge in [0.2, 0.25) is 0 Å². The second-order valence-electron chi connectivity index (χ2n) is 3.94. The van der Waals surface area contributed by atoms with Gasteiger partial charge in [-0.2, -0.15) is 0 Å². The molecule has 84 valence electrons. The first-order valence-corrected chi connectivity index (χ1v) is 5.61. The van der Waals surface area contributed by atoms with Crippen molar-refractivity contribution in [3.8, 4) is 5.75 Å². The van der Waals surface area contributed by atoms with E-state index in [0.717, 1.165) is 25.1 Å². The minimum Gasteiger partial charge on any atom is -0.490 e. The van der Waals surface area contributed by atoms with Crippen LogP contribution in [0.25, 0.3) is 0 Å². The van der Waals surface area contributed by atoms with Crippen LogP contribution in [0, 0.1) is 6.92 Å². The van der Waals surface area contributed by atoms with Gasteiger partial charge < -0.3 is 10.1 Å². The Morgan fingerprint density at radius 2 is 2.07 bits per heavy atom. The van der Waals surface area contributed by atoms with Gasteiger partial charge in [0, 0.05) is 0 Å². The summed E-state index contributed by atoms with van der Waals surface area (Å²) in [5.41, 5.74) is 1.21. The van der Waals surface area contributed by atoms with E-state index >= 15 is 0 Å². The third-order valence-electron chi connectivity index (χ3n) is 2.46. The van der Waals surface area contributed by atoms with Crippen LogP contribution in [0.5, 0.6) is 5.75 Å². The summed E-state index contributed by atoms with van der Waals surface area (Å²) in [6, 6.07) is 8.16. The molecule has 2 heteroatoms. The Hall–Kier alpha value is -1.02. The zero-order valence-electron chi connectivity index (χ0n) is 9.92. The van der Waals surface area contributed by atoms with E-state index in [1.807, 2.05) is 25.2 Å². The molecule has 0 aliphatic heterocycles. The van der Waals surface area contributed by atoms with Crippen LogP contribution in [0.1, 0.15) is 25.3 Å². The number of rotatable bonds is 6. The standard InChI is InChI=1S/C13H21NO/c1-11-7-4-5-9-13(11)15-12(2)8-6-10-14-3/h4-5,7,9,12,14H,6,8,10H2,1-3H3. The highest BCUT2D eigenvalue weighted by molar-refractivity contribution is 5.31. The van der Waals surface area contributed by atoms with E-state index in [1.54, 1.807) is 0 Å². The van der Waals surface area contributed by atoms with E-state index in [9.17, 15) is 0 Å². The zero-order chi connectivity index (χ0) is 11.1. The van der Waals surface area contributed by atoms with E-state index in [1.165, 1.54) is 5.56 Å². The highest BCUT2D eigenvalue weighted by Crippen LogP contribution is 2.18. The SMILES string of the molecule is CNCCCC(C)Oc1ccccc1C. The molecule has 0 bridgehead atoms. The van der Waals surface area contributed by atoms with Gasteiger partial charge in [-0.25, -0.2) is 0 Å². The summed E-state index contributed by atoms with van der Waals surface area (Å²) in [6.45, 7) is 5.26. The molecule has 1 N–H and O–H groups in total. The van der Waals surface area contributed by atoms with Gasteiger partial charge in [0.05, 0.1) is 6.10 Å². The molecule has 1 unspecified atom stereocenters. The van der Waals surface area contributed by atoms with Crippen LogP contribution in [-0.2, 0) is 0 Å². The van der Waals surface area contributed by atoms with Gasteiger partial charge in [-0.3, -0.25) is 0 Å². The van der Waals surface area contributed by atoms with Crippen LogP contribution in [0.15, 0.2) is 24.3 Å². The Balaban J connectivity index is 2.37. The molecule has 0 aliphatic carbocycles. The molecule has 1 aromatic rings. The molecule has 1 atom stereocenters. The summed E-state index contributed by atoms with van der Waals surface area (Å²) in [6.07, 6.45) is 2.54. The Bertz CT molecular complexity index is 286. The molecular weight excluding hydrogens is 186 g/mol. The maximum Gasteiger partial charge on any atom is 0.122 e. The molecule has 1 rings (SSSR count). The molecule has 1 aromatic carbocycles. The van der Waals surface area contributed by atoms with Crippen LogP contribution < -0.4 is 10.1 Å². The minimum atomic E-state index is 0.291. The second kappa shape index (κ2) is 6.46. The lowest BCUT2D eigenvalue weighted by atomic mass is 10.2. The quantitative estimate of drug-likeness (QED) is 0.724. The molecule has 0 radical (unpaired) electrons. The van der Waals surface area contributed by atoms with Crippen molar-refractivity contribution in [2.24, 2.45) is 0 Å². The van der Waals surface area contributed by atoms with E-state index in [2.05, 4.69) is 25.2 Å². The van der Waals surface area contributed by atoms with Gasteiger partial charge in [0.1, 0.15) is 5.75 Å². The maximum atomic E-state index is 5.86. The van der Waals surface area contributed by atoms with Gasteiger partial charge in [0.15, 0.2) is 0 Å². The first kappa shape index (κ1) is 12.1. The van der Waals surface area contributed by atoms with E-state index in [4.69, 9.17) is 4.74 Å². The lowest BCUT2D eigenvalue weighted by molar-refractivity contribution is 0.206. The van der Waals surface area contributed by atoms with Gasteiger partial charge in [-0.1, -0.05) is 18.2 Å². The molecule has 0 aliphatic rings. The van der Waals surface area contributed by atoms with Crippen molar-refractivity contribution >= 4 is 0 Å². The van der Waals surface area contributed by atoms with Crippen molar-refractivity contribution in [3.05, 3.63) is 29.8 Å². The van der Waals surface area contributed by atoms with Crippen molar-refractivity contribution in [1.29, 1.82) is 0 Å². The molecule has 0 saturated carbocycles. The van der Waals surface area contributed by atoms with Crippen molar-refractivity contribution in [2.45, 2.75) is 32.8 Å². The van der Waals surface area contributed by atoms with E-state index in [-0.39, 0.29) is 0 Å². The number of aryl methyl sites for hydroxylation is 1. The first-order chi connectivity index (χ1) is 7.24. The van der Waals surface area contributed by atoms with E-state index in [0.29, 0.717) is 6.10 Å². The first-order valence-electron chi connectivity index (χ1n) is 5.61. The van der Waals surface area contributed by atoms with Crippen LogP contribution >= 0.6 is 0 Å². The third kappa shape index (κ3) is 4.34. The largest absolute Gasteiger partial charge is 0.490 e. The zero-order valence-corrected chi connectivity index (χ0v) is 9.92. The summed E-state index contributed by atoms with van der Waals surface area (Å²) in [5, 5.41) is 3.14. The molecule has 0 saturated heterocycles. The fourth-order valence-corrected chi connectivity index (χ4v) is 1.53. The van der Waals surface area contributed by atoms with Gasteiger partial charge in [0.25, 0.3) is 0 Å². The normalized spacial score (nSPS) is 12.5. The smallest absolute Gasteiger partial charge is 0.122 e. The van der Waals surface area contributed by atoms with Gasteiger partial charge in [-0.05, 0) is 51.9 Å². The lowest BCUT2D eigenvalue weighted by Crippen LogP contribution is -2.16. The average molecular weight is 207 g/mol. The second-order valence-corrected chi connectivity index (χ2v) is 3.94. The Kier molecular flexibility index (Phi) is 5.19. The van der Waals surface area contributed by atoms with Crippen molar-refractivity contribution in [2.75, 3.05) is 13.6 Å². The predicted molar refractivity (Wildman–Crippen MR) is 64.4 cm³/mol. The molecule has 0 aromatic heterocycles. The molecule has 2 nitrogen and oxygen atoms in total. The Morgan fingerprint density at radius 3 is 2.73 bits per heavy atom. The molecule has 0 fully saturated rings. The maximum absolute atomic E-state index is 5.86. The number of ether oxygens (including phenoxy) is 1. The number of hydrogen-bond acceptors (Lipinski definition) is 2.